The molecular weight excluding hydrogens is 294 g/mol. The van der Waals surface area contributed by atoms with E-state index in [-0.39, 0.29) is 23.8 Å². The van der Waals surface area contributed by atoms with Crippen molar-refractivity contribution in [3.63, 3.8) is 0 Å². The van der Waals surface area contributed by atoms with Crippen LogP contribution in [0.5, 0.6) is 0 Å². The molecule has 0 saturated carbocycles. The molecule has 3 rings (SSSR count). The lowest BCUT2D eigenvalue weighted by molar-refractivity contribution is -0.134. The van der Waals surface area contributed by atoms with Gasteiger partial charge < -0.3 is 15.1 Å². The number of rotatable bonds is 2. The first-order chi connectivity index (χ1) is 11.1. The van der Waals surface area contributed by atoms with Crippen LogP contribution in [0.15, 0.2) is 30.3 Å². The first-order valence-corrected chi connectivity index (χ1v) is 8.07. The van der Waals surface area contributed by atoms with Crippen molar-refractivity contribution in [3.8, 4) is 0 Å². The van der Waals surface area contributed by atoms with Crippen LogP contribution in [-0.2, 0) is 9.59 Å². The molecule has 1 unspecified atom stereocenters. The van der Waals surface area contributed by atoms with E-state index in [1.165, 1.54) is 0 Å². The van der Waals surface area contributed by atoms with Gasteiger partial charge in [-0.2, -0.15) is 0 Å². The molecule has 1 aromatic rings. The summed E-state index contributed by atoms with van der Waals surface area (Å²) in [7, 11) is 0. The Bertz CT molecular complexity index is 602. The van der Waals surface area contributed by atoms with Crippen LogP contribution in [0.3, 0.4) is 0 Å². The molecule has 1 aromatic carbocycles. The summed E-state index contributed by atoms with van der Waals surface area (Å²) in [6.45, 7) is 2.32. The Balaban J connectivity index is 1.60. The number of amides is 3. The standard InChI is InChI=1S/C17H21N3O3/c21-15-8-7-14(18-15)17(23)20-10-4-9-19(11-12-20)16(22)13-5-2-1-3-6-13/h1-3,5-6,14H,4,7-12H2,(H,18,21). The van der Waals surface area contributed by atoms with E-state index < -0.39 is 0 Å². The molecule has 1 N–H and O–H groups in total. The summed E-state index contributed by atoms with van der Waals surface area (Å²) in [5.74, 6) is -0.0713. The molecule has 0 spiro atoms. The molecular formula is C17H21N3O3. The third kappa shape index (κ3) is 3.52. The Morgan fingerprint density at radius 2 is 1.70 bits per heavy atom. The smallest absolute Gasteiger partial charge is 0.253 e. The Morgan fingerprint density at radius 3 is 2.39 bits per heavy atom. The van der Waals surface area contributed by atoms with Crippen molar-refractivity contribution in [2.75, 3.05) is 26.2 Å². The Kier molecular flexibility index (Phi) is 4.60. The zero-order chi connectivity index (χ0) is 16.2. The number of hydrogen-bond donors (Lipinski definition) is 1. The fourth-order valence-corrected chi connectivity index (χ4v) is 3.12. The van der Waals surface area contributed by atoms with Gasteiger partial charge in [0.15, 0.2) is 0 Å². The quantitative estimate of drug-likeness (QED) is 0.871. The number of hydrogen-bond acceptors (Lipinski definition) is 3. The predicted octanol–water partition coefficient (Wildman–Crippen LogP) is 0.640. The van der Waals surface area contributed by atoms with Crippen molar-refractivity contribution in [2.45, 2.75) is 25.3 Å². The highest BCUT2D eigenvalue weighted by Gasteiger charge is 2.32. The van der Waals surface area contributed by atoms with E-state index in [1.54, 1.807) is 9.80 Å². The topological polar surface area (TPSA) is 69.7 Å². The first-order valence-electron chi connectivity index (χ1n) is 8.07. The second-order valence-electron chi connectivity index (χ2n) is 6.00. The second-order valence-corrected chi connectivity index (χ2v) is 6.00. The van der Waals surface area contributed by atoms with Crippen molar-refractivity contribution >= 4 is 17.7 Å². The highest BCUT2D eigenvalue weighted by atomic mass is 16.2. The van der Waals surface area contributed by atoms with Crippen molar-refractivity contribution in [1.29, 1.82) is 0 Å². The molecule has 0 aliphatic carbocycles. The van der Waals surface area contributed by atoms with Gasteiger partial charge in [-0.3, -0.25) is 14.4 Å². The fourth-order valence-electron chi connectivity index (χ4n) is 3.12. The number of carbonyl (C=O) groups excluding carboxylic acids is 3. The van der Waals surface area contributed by atoms with Crippen LogP contribution in [0.4, 0.5) is 0 Å². The van der Waals surface area contributed by atoms with Crippen LogP contribution < -0.4 is 5.32 Å². The molecule has 23 heavy (non-hydrogen) atoms. The van der Waals surface area contributed by atoms with Gasteiger partial charge in [-0.15, -0.1) is 0 Å². The van der Waals surface area contributed by atoms with Crippen LogP contribution in [0, 0.1) is 0 Å². The Labute approximate surface area is 135 Å². The van der Waals surface area contributed by atoms with Crippen molar-refractivity contribution < 1.29 is 14.4 Å². The lowest BCUT2D eigenvalue weighted by Gasteiger charge is -2.24. The maximum absolute atomic E-state index is 12.5. The number of nitrogens with zero attached hydrogens (tertiary/aromatic N) is 2. The maximum Gasteiger partial charge on any atom is 0.253 e. The Hall–Kier alpha value is -2.37. The number of nitrogens with one attached hydrogen (secondary N) is 1. The summed E-state index contributed by atoms with van der Waals surface area (Å²) in [6, 6.07) is 8.82. The van der Waals surface area contributed by atoms with E-state index in [1.807, 2.05) is 30.3 Å². The molecule has 2 aliphatic rings. The van der Waals surface area contributed by atoms with Gasteiger partial charge in [0.2, 0.25) is 11.8 Å². The van der Waals surface area contributed by atoms with Gasteiger partial charge in [0.25, 0.3) is 5.91 Å². The SMILES string of the molecule is O=C1CCC(C(=O)N2CCCN(C(=O)c3ccccc3)CC2)N1. The maximum atomic E-state index is 12.5. The third-order valence-electron chi connectivity index (χ3n) is 4.41. The summed E-state index contributed by atoms with van der Waals surface area (Å²) in [4.78, 5) is 39.8. The van der Waals surface area contributed by atoms with Crippen molar-refractivity contribution in [2.24, 2.45) is 0 Å². The largest absolute Gasteiger partial charge is 0.344 e. The normalized spacial score (nSPS) is 21.7. The molecule has 6 heteroatoms. The van der Waals surface area contributed by atoms with E-state index >= 15 is 0 Å². The minimum Gasteiger partial charge on any atom is -0.344 e. The molecule has 2 heterocycles. The monoisotopic (exact) mass is 315 g/mol. The molecule has 0 radical (unpaired) electrons. The zero-order valence-electron chi connectivity index (χ0n) is 13.0. The van der Waals surface area contributed by atoms with Gasteiger partial charge in [-0.05, 0) is 25.0 Å². The van der Waals surface area contributed by atoms with Crippen LogP contribution in [0.1, 0.15) is 29.6 Å². The second kappa shape index (κ2) is 6.81. The molecule has 2 fully saturated rings. The molecule has 122 valence electrons. The summed E-state index contributed by atoms with van der Waals surface area (Å²) in [6.07, 6.45) is 1.74. The van der Waals surface area contributed by atoms with Gasteiger partial charge in [-0.1, -0.05) is 18.2 Å². The molecule has 0 bridgehead atoms. The molecule has 2 saturated heterocycles. The van der Waals surface area contributed by atoms with Gasteiger partial charge in [0.05, 0.1) is 0 Å². The summed E-state index contributed by atoms with van der Waals surface area (Å²) >= 11 is 0. The minimum absolute atomic E-state index is 0.00840. The summed E-state index contributed by atoms with van der Waals surface area (Å²) in [5.41, 5.74) is 0.676. The zero-order valence-corrected chi connectivity index (χ0v) is 13.0. The van der Waals surface area contributed by atoms with Crippen LogP contribution in [-0.4, -0.2) is 59.7 Å². The van der Waals surface area contributed by atoms with Crippen LogP contribution in [0.25, 0.3) is 0 Å². The summed E-state index contributed by atoms with van der Waals surface area (Å²) < 4.78 is 0. The molecule has 3 amide bonds. The van der Waals surface area contributed by atoms with Gasteiger partial charge >= 0.3 is 0 Å². The van der Waals surface area contributed by atoms with E-state index in [2.05, 4.69) is 5.32 Å². The van der Waals surface area contributed by atoms with Crippen molar-refractivity contribution in [3.05, 3.63) is 35.9 Å². The van der Waals surface area contributed by atoms with E-state index in [0.717, 1.165) is 6.42 Å². The number of carbonyl (C=O) groups is 3. The lowest BCUT2D eigenvalue weighted by atomic mass is 10.2. The molecule has 1 atom stereocenters. The lowest BCUT2D eigenvalue weighted by Crippen LogP contribution is -2.46. The minimum atomic E-state index is -0.390. The molecule has 0 aromatic heterocycles. The average Bonchev–Trinajstić information content (AvgIpc) is 2.87. The fraction of sp³-hybridized carbons (Fsp3) is 0.471. The highest BCUT2D eigenvalue weighted by Crippen LogP contribution is 2.13. The van der Waals surface area contributed by atoms with Gasteiger partial charge in [0, 0.05) is 38.2 Å². The van der Waals surface area contributed by atoms with Gasteiger partial charge in [0.1, 0.15) is 6.04 Å². The van der Waals surface area contributed by atoms with E-state index in [0.29, 0.717) is 44.6 Å². The first kappa shape index (κ1) is 15.5. The highest BCUT2D eigenvalue weighted by molar-refractivity contribution is 5.94. The van der Waals surface area contributed by atoms with Crippen molar-refractivity contribution in [1.82, 2.24) is 15.1 Å². The third-order valence-corrected chi connectivity index (χ3v) is 4.41. The predicted molar refractivity (Wildman–Crippen MR) is 84.7 cm³/mol. The van der Waals surface area contributed by atoms with E-state index in [4.69, 9.17) is 0 Å². The van der Waals surface area contributed by atoms with Crippen LogP contribution in [0.2, 0.25) is 0 Å². The molecule has 6 nitrogen and oxygen atoms in total. The van der Waals surface area contributed by atoms with Gasteiger partial charge in [-0.25, -0.2) is 0 Å². The molecule has 2 aliphatic heterocycles. The Morgan fingerprint density at radius 1 is 1.00 bits per heavy atom. The average molecular weight is 315 g/mol. The van der Waals surface area contributed by atoms with Crippen LogP contribution >= 0.6 is 0 Å². The summed E-state index contributed by atoms with van der Waals surface area (Å²) in [5, 5.41) is 2.72. The van der Waals surface area contributed by atoms with E-state index in [9.17, 15) is 14.4 Å². The number of benzene rings is 1.